The van der Waals surface area contributed by atoms with Gasteiger partial charge >= 0.3 is 0 Å². The molecule has 3 heterocycles. The van der Waals surface area contributed by atoms with Gasteiger partial charge in [-0.25, -0.2) is 19.0 Å². The van der Waals surface area contributed by atoms with Gasteiger partial charge in [0.05, 0.1) is 36.8 Å². The van der Waals surface area contributed by atoms with Gasteiger partial charge in [0.25, 0.3) is 0 Å². The summed E-state index contributed by atoms with van der Waals surface area (Å²) in [6.45, 7) is 7.74. The highest BCUT2D eigenvalue weighted by Crippen LogP contribution is 2.28. The quantitative estimate of drug-likeness (QED) is 0.227. The van der Waals surface area contributed by atoms with Crippen LogP contribution in [0.5, 0.6) is 0 Å². The van der Waals surface area contributed by atoms with Gasteiger partial charge in [-0.05, 0) is 56.2 Å². The van der Waals surface area contributed by atoms with E-state index in [0.29, 0.717) is 26.2 Å². The molecular formula is C30H31FN6O. The molecule has 3 aromatic heterocycles. The Morgan fingerprint density at radius 3 is 2.42 bits per heavy atom. The van der Waals surface area contributed by atoms with Gasteiger partial charge in [-0.2, -0.15) is 10.2 Å². The number of nitrogens with zero attached hydrogens (tertiary/aromatic N) is 6. The zero-order chi connectivity index (χ0) is 26.5. The molecule has 0 aliphatic heterocycles. The van der Waals surface area contributed by atoms with Gasteiger partial charge in [-0.1, -0.05) is 37.3 Å². The lowest BCUT2D eigenvalue weighted by Crippen LogP contribution is -2.13. The van der Waals surface area contributed by atoms with Gasteiger partial charge in [0, 0.05) is 35.0 Å². The van der Waals surface area contributed by atoms with Crippen LogP contribution in [0.1, 0.15) is 40.8 Å². The summed E-state index contributed by atoms with van der Waals surface area (Å²) in [5.74, 6) is 0.466. The first kappa shape index (κ1) is 25.5. The zero-order valence-corrected chi connectivity index (χ0v) is 21.9. The van der Waals surface area contributed by atoms with Gasteiger partial charge < -0.3 is 4.74 Å². The Kier molecular flexibility index (Phi) is 7.70. The molecule has 0 atom stereocenters. The molecule has 0 unspecified atom stereocenters. The first-order chi connectivity index (χ1) is 18.5. The summed E-state index contributed by atoms with van der Waals surface area (Å²) in [5, 5.41) is 9.54. The molecule has 5 rings (SSSR count). The van der Waals surface area contributed by atoms with Crippen LogP contribution in [0.3, 0.4) is 0 Å². The third-order valence-corrected chi connectivity index (χ3v) is 6.48. The fourth-order valence-corrected chi connectivity index (χ4v) is 4.67. The van der Waals surface area contributed by atoms with Crippen LogP contribution in [0.4, 0.5) is 4.39 Å². The second-order valence-corrected chi connectivity index (χ2v) is 9.28. The van der Waals surface area contributed by atoms with E-state index in [2.05, 4.69) is 34.1 Å². The molecule has 0 bridgehead atoms. The second kappa shape index (κ2) is 11.5. The highest BCUT2D eigenvalue weighted by Gasteiger charge is 2.19. The third kappa shape index (κ3) is 5.70. The molecule has 8 heteroatoms. The molecule has 0 amide bonds. The molecule has 5 aromatic rings. The number of aryl methyl sites for hydroxylation is 2. The minimum absolute atomic E-state index is 0.265. The number of aromatic nitrogens is 6. The standard InChI is InChI=1S/C30H31FN6O/c1-4-27-28(17-26-18-29(33-20-32-26)37-22(3)16-21(2)34-37)36(14-15-38-19-23-8-6-5-7-9-23)35-30(27)24-10-12-25(31)13-11-24/h5-13,16,18,20H,4,14-15,17,19H2,1-3H3. The lowest BCUT2D eigenvalue weighted by atomic mass is 10.0. The predicted molar refractivity (Wildman–Crippen MR) is 145 cm³/mol. The highest BCUT2D eigenvalue weighted by atomic mass is 19.1. The van der Waals surface area contributed by atoms with Crippen LogP contribution in [0, 0.1) is 19.7 Å². The molecule has 2 aromatic carbocycles. The van der Waals surface area contributed by atoms with Crippen LogP contribution < -0.4 is 0 Å². The van der Waals surface area contributed by atoms with E-state index >= 15 is 0 Å². The summed E-state index contributed by atoms with van der Waals surface area (Å²) >= 11 is 0. The van der Waals surface area contributed by atoms with E-state index in [9.17, 15) is 4.39 Å². The minimum atomic E-state index is -0.265. The minimum Gasteiger partial charge on any atom is -0.375 e. The van der Waals surface area contributed by atoms with Crippen LogP contribution >= 0.6 is 0 Å². The molecular weight excluding hydrogens is 479 g/mol. The Morgan fingerprint density at radius 1 is 0.921 bits per heavy atom. The Balaban J connectivity index is 1.45. The van der Waals surface area contributed by atoms with Crippen molar-refractivity contribution in [3.05, 3.63) is 113 Å². The summed E-state index contributed by atoms with van der Waals surface area (Å²) in [5.41, 5.74) is 7.88. The Hall–Kier alpha value is -4.17. The summed E-state index contributed by atoms with van der Waals surface area (Å²) in [4.78, 5) is 9.02. The van der Waals surface area contributed by atoms with E-state index in [-0.39, 0.29) is 5.82 Å². The molecule has 38 heavy (non-hydrogen) atoms. The summed E-state index contributed by atoms with van der Waals surface area (Å²) in [6.07, 6.45) is 2.94. The van der Waals surface area contributed by atoms with E-state index in [1.165, 1.54) is 12.1 Å². The van der Waals surface area contributed by atoms with Gasteiger partial charge in [0.1, 0.15) is 12.1 Å². The molecule has 194 valence electrons. The first-order valence-electron chi connectivity index (χ1n) is 12.8. The maximum absolute atomic E-state index is 13.6. The van der Waals surface area contributed by atoms with Crippen LogP contribution in [0.2, 0.25) is 0 Å². The summed E-state index contributed by atoms with van der Waals surface area (Å²) < 4.78 is 23.5. The van der Waals surface area contributed by atoms with Crippen molar-refractivity contribution in [2.45, 2.75) is 46.8 Å². The lowest BCUT2D eigenvalue weighted by molar-refractivity contribution is 0.110. The molecule has 0 saturated carbocycles. The Morgan fingerprint density at radius 2 is 1.71 bits per heavy atom. The average Bonchev–Trinajstić information content (AvgIpc) is 3.46. The normalized spacial score (nSPS) is 11.3. The van der Waals surface area contributed by atoms with Crippen molar-refractivity contribution >= 4 is 0 Å². The van der Waals surface area contributed by atoms with Crippen molar-refractivity contribution in [2.75, 3.05) is 6.61 Å². The Bertz CT molecular complexity index is 1510. The van der Waals surface area contributed by atoms with Crippen LogP contribution in [-0.2, 0) is 30.7 Å². The van der Waals surface area contributed by atoms with Crippen molar-refractivity contribution < 1.29 is 9.13 Å². The van der Waals surface area contributed by atoms with Gasteiger partial charge in [-0.15, -0.1) is 0 Å². The molecule has 0 radical (unpaired) electrons. The van der Waals surface area contributed by atoms with E-state index in [1.54, 1.807) is 18.5 Å². The number of halogens is 1. The van der Waals surface area contributed by atoms with Crippen LogP contribution in [-0.4, -0.2) is 36.1 Å². The second-order valence-electron chi connectivity index (χ2n) is 9.28. The monoisotopic (exact) mass is 510 g/mol. The third-order valence-electron chi connectivity index (χ3n) is 6.48. The molecule has 0 saturated heterocycles. The van der Waals surface area contributed by atoms with Crippen LogP contribution in [0.25, 0.3) is 17.1 Å². The number of benzene rings is 2. The molecule has 0 N–H and O–H groups in total. The number of hydrogen-bond donors (Lipinski definition) is 0. The van der Waals surface area contributed by atoms with Crippen molar-refractivity contribution in [3.63, 3.8) is 0 Å². The maximum atomic E-state index is 13.6. The smallest absolute Gasteiger partial charge is 0.157 e. The van der Waals surface area contributed by atoms with E-state index in [1.807, 2.05) is 53.5 Å². The van der Waals surface area contributed by atoms with Gasteiger partial charge in [0.15, 0.2) is 5.82 Å². The van der Waals surface area contributed by atoms with Gasteiger partial charge in [-0.3, -0.25) is 4.68 Å². The highest BCUT2D eigenvalue weighted by molar-refractivity contribution is 5.64. The molecule has 0 fully saturated rings. The van der Waals surface area contributed by atoms with Gasteiger partial charge in [0.2, 0.25) is 0 Å². The SMILES string of the molecule is CCc1c(-c2ccc(F)cc2)nn(CCOCc2ccccc2)c1Cc1cc(-n2nc(C)cc2C)ncn1. The number of hydrogen-bond acceptors (Lipinski definition) is 5. The zero-order valence-electron chi connectivity index (χ0n) is 21.9. The Labute approximate surface area is 222 Å². The average molecular weight is 511 g/mol. The van der Waals surface area contributed by atoms with Crippen LogP contribution in [0.15, 0.2) is 73.1 Å². The number of ether oxygens (including phenoxy) is 1. The largest absolute Gasteiger partial charge is 0.375 e. The van der Waals surface area contributed by atoms with E-state index < -0.39 is 0 Å². The maximum Gasteiger partial charge on any atom is 0.157 e. The first-order valence-corrected chi connectivity index (χ1v) is 12.8. The molecule has 0 spiro atoms. The summed E-state index contributed by atoms with van der Waals surface area (Å²) in [6, 6.07) is 20.6. The van der Waals surface area contributed by atoms with Crippen molar-refractivity contribution in [3.8, 4) is 17.1 Å². The van der Waals surface area contributed by atoms with E-state index in [4.69, 9.17) is 9.84 Å². The molecule has 0 aliphatic carbocycles. The van der Waals surface area contributed by atoms with Crippen molar-refractivity contribution in [1.82, 2.24) is 29.5 Å². The predicted octanol–water partition coefficient (Wildman–Crippen LogP) is 5.65. The molecule has 0 aliphatic rings. The molecule has 7 nitrogen and oxygen atoms in total. The van der Waals surface area contributed by atoms with Crippen molar-refractivity contribution in [2.24, 2.45) is 0 Å². The lowest BCUT2D eigenvalue weighted by Gasteiger charge is -2.11. The topological polar surface area (TPSA) is 70.7 Å². The number of rotatable bonds is 10. The fourth-order valence-electron chi connectivity index (χ4n) is 4.67. The van der Waals surface area contributed by atoms with Crippen molar-refractivity contribution in [1.29, 1.82) is 0 Å². The van der Waals surface area contributed by atoms with E-state index in [0.717, 1.165) is 57.4 Å². The fraction of sp³-hybridized carbons (Fsp3) is 0.267. The summed E-state index contributed by atoms with van der Waals surface area (Å²) in [7, 11) is 0.